The van der Waals surface area contributed by atoms with E-state index in [9.17, 15) is 9.59 Å². The van der Waals surface area contributed by atoms with E-state index in [1.807, 2.05) is 31.2 Å². The van der Waals surface area contributed by atoms with Gasteiger partial charge in [0.05, 0.1) is 7.11 Å². The summed E-state index contributed by atoms with van der Waals surface area (Å²) in [6, 6.07) is 7.47. The van der Waals surface area contributed by atoms with E-state index in [-0.39, 0.29) is 0 Å². The lowest BCUT2D eigenvalue weighted by atomic mass is 10.00. The summed E-state index contributed by atoms with van der Waals surface area (Å²) in [6.45, 7) is 3.15. The highest BCUT2D eigenvalue weighted by Gasteiger charge is 2.37. The first-order valence-electron chi connectivity index (χ1n) is 5.62. The van der Waals surface area contributed by atoms with Crippen molar-refractivity contribution in [2.24, 2.45) is 0 Å². The molecule has 1 atom stereocenters. The maximum atomic E-state index is 11.9. The van der Waals surface area contributed by atoms with Gasteiger partial charge >= 0.3 is 11.9 Å². The van der Waals surface area contributed by atoms with E-state index in [0.29, 0.717) is 5.76 Å². The Bertz CT molecular complexity index is 542. The average molecular weight is 246 g/mol. The number of esters is 2. The molecule has 1 aromatic carbocycles. The van der Waals surface area contributed by atoms with E-state index < -0.39 is 17.9 Å². The molecule has 1 aromatic rings. The van der Waals surface area contributed by atoms with Crippen LogP contribution in [-0.4, -0.2) is 19.0 Å². The number of methoxy groups -OCH3 is 1. The van der Waals surface area contributed by atoms with Crippen molar-refractivity contribution in [2.75, 3.05) is 7.11 Å². The van der Waals surface area contributed by atoms with Crippen LogP contribution in [0, 0.1) is 0 Å². The van der Waals surface area contributed by atoms with Gasteiger partial charge in [0.25, 0.3) is 0 Å². The molecule has 4 heteroatoms. The quantitative estimate of drug-likeness (QED) is 0.751. The first-order valence-corrected chi connectivity index (χ1v) is 5.62. The molecule has 4 nitrogen and oxygen atoms in total. The lowest BCUT2D eigenvalue weighted by Gasteiger charge is -2.13. The van der Waals surface area contributed by atoms with Crippen LogP contribution in [0.3, 0.4) is 0 Å². The van der Waals surface area contributed by atoms with Crippen LogP contribution >= 0.6 is 0 Å². The lowest BCUT2D eigenvalue weighted by molar-refractivity contribution is -0.144. The second-order valence-corrected chi connectivity index (χ2v) is 4.13. The Balaban J connectivity index is 2.53. The van der Waals surface area contributed by atoms with Gasteiger partial charge in [-0.3, -0.25) is 9.59 Å². The van der Waals surface area contributed by atoms with Crippen LogP contribution in [0.25, 0.3) is 5.57 Å². The summed E-state index contributed by atoms with van der Waals surface area (Å²) in [4.78, 5) is 23.0. The van der Waals surface area contributed by atoms with Crippen molar-refractivity contribution in [3.63, 3.8) is 0 Å². The second kappa shape index (κ2) is 4.64. The minimum Gasteiger partial charge on any atom is -0.468 e. The van der Waals surface area contributed by atoms with Gasteiger partial charge in [0.2, 0.25) is 0 Å². The monoisotopic (exact) mass is 246 g/mol. The van der Waals surface area contributed by atoms with Gasteiger partial charge in [0, 0.05) is 6.92 Å². The maximum Gasteiger partial charge on any atom is 0.320 e. The average Bonchev–Trinajstić information content (AvgIpc) is 2.62. The number of carbonyl (C=O) groups is 2. The number of ether oxygens (including phenoxy) is 2. The van der Waals surface area contributed by atoms with E-state index >= 15 is 0 Å². The molecule has 0 spiro atoms. The van der Waals surface area contributed by atoms with E-state index in [1.165, 1.54) is 14.0 Å². The molecule has 0 heterocycles. The fourth-order valence-electron chi connectivity index (χ4n) is 2.22. The Kier molecular flexibility index (Phi) is 3.19. The SMILES string of the molecule is COC(=O)C1C(OC(C)=O)=C(C)c2ccccc21. The Morgan fingerprint density at radius 1 is 1.22 bits per heavy atom. The summed E-state index contributed by atoms with van der Waals surface area (Å²) in [5.41, 5.74) is 2.54. The number of fused-ring (bicyclic) bond motifs is 1. The standard InChI is InChI=1S/C14H14O4/c1-8-10-6-4-5-7-11(10)12(14(16)17-3)13(8)18-9(2)15/h4-7,12H,1-3H3. The topological polar surface area (TPSA) is 52.6 Å². The summed E-state index contributed by atoms with van der Waals surface area (Å²) in [5.74, 6) is -1.13. The van der Waals surface area contributed by atoms with E-state index in [0.717, 1.165) is 16.7 Å². The van der Waals surface area contributed by atoms with Gasteiger partial charge in [-0.1, -0.05) is 24.3 Å². The zero-order valence-corrected chi connectivity index (χ0v) is 10.5. The first-order chi connectivity index (χ1) is 8.56. The Hall–Kier alpha value is -2.10. The van der Waals surface area contributed by atoms with Crippen LogP contribution in [0.15, 0.2) is 30.0 Å². The van der Waals surface area contributed by atoms with Crippen LogP contribution in [0.1, 0.15) is 30.9 Å². The molecule has 1 aliphatic carbocycles. The summed E-state index contributed by atoms with van der Waals surface area (Å²) < 4.78 is 9.97. The molecule has 0 saturated carbocycles. The molecular weight excluding hydrogens is 232 g/mol. The third-order valence-electron chi connectivity index (χ3n) is 3.00. The highest BCUT2D eigenvalue weighted by atomic mass is 16.5. The molecule has 94 valence electrons. The molecule has 1 unspecified atom stereocenters. The minimum absolute atomic E-state index is 0.371. The summed E-state index contributed by atoms with van der Waals surface area (Å²) in [6.07, 6.45) is 0. The fourth-order valence-corrected chi connectivity index (χ4v) is 2.22. The van der Waals surface area contributed by atoms with Crippen molar-refractivity contribution in [3.05, 3.63) is 41.2 Å². The van der Waals surface area contributed by atoms with Gasteiger partial charge in [-0.2, -0.15) is 0 Å². The maximum absolute atomic E-state index is 11.9. The van der Waals surface area contributed by atoms with Gasteiger partial charge in [0.15, 0.2) is 0 Å². The summed E-state index contributed by atoms with van der Waals surface area (Å²) in [5, 5.41) is 0. The molecule has 0 N–H and O–H groups in total. The van der Waals surface area contributed by atoms with Crippen molar-refractivity contribution in [3.8, 4) is 0 Å². The minimum atomic E-state index is -0.643. The van der Waals surface area contributed by atoms with Crippen molar-refractivity contribution in [2.45, 2.75) is 19.8 Å². The highest BCUT2D eigenvalue weighted by molar-refractivity contribution is 5.92. The number of allylic oxidation sites excluding steroid dienone is 1. The molecule has 0 amide bonds. The lowest BCUT2D eigenvalue weighted by Crippen LogP contribution is -2.17. The molecule has 0 saturated heterocycles. The molecule has 2 rings (SSSR count). The molecular formula is C14H14O4. The van der Waals surface area contributed by atoms with Crippen molar-refractivity contribution >= 4 is 17.5 Å². The Morgan fingerprint density at radius 3 is 2.50 bits per heavy atom. The Labute approximate surface area is 105 Å². The first kappa shape index (κ1) is 12.4. The van der Waals surface area contributed by atoms with Crippen LogP contribution in [0.2, 0.25) is 0 Å². The molecule has 0 radical (unpaired) electrons. The number of hydrogen-bond acceptors (Lipinski definition) is 4. The van der Waals surface area contributed by atoms with Crippen LogP contribution in [0.4, 0.5) is 0 Å². The number of carbonyl (C=O) groups excluding carboxylic acids is 2. The van der Waals surface area contributed by atoms with Gasteiger partial charge in [0.1, 0.15) is 11.7 Å². The summed E-state index contributed by atoms with van der Waals surface area (Å²) in [7, 11) is 1.32. The normalized spacial score (nSPS) is 17.4. The Morgan fingerprint density at radius 2 is 1.89 bits per heavy atom. The zero-order valence-electron chi connectivity index (χ0n) is 10.5. The predicted molar refractivity (Wildman–Crippen MR) is 65.6 cm³/mol. The number of hydrogen-bond donors (Lipinski definition) is 0. The third-order valence-corrected chi connectivity index (χ3v) is 3.00. The van der Waals surface area contributed by atoms with Crippen LogP contribution in [0.5, 0.6) is 0 Å². The molecule has 0 bridgehead atoms. The molecule has 1 aliphatic rings. The van der Waals surface area contributed by atoms with E-state index in [1.54, 1.807) is 0 Å². The fraction of sp³-hybridized carbons (Fsp3) is 0.286. The van der Waals surface area contributed by atoms with Crippen molar-refractivity contribution < 1.29 is 19.1 Å². The van der Waals surface area contributed by atoms with Gasteiger partial charge in [-0.25, -0.2) is 0 Å². The van der Waals surface area contributed by atoms with Gasteiger partial charge in [-0.05, 0) is 23.6 Å². The third kappa shape index (κ3) is 1.90. The summed E-state index contributed by atoms with van der Waals surface area (Å²) >= 11 is 0. The predicted octanol–water partition coefficient (Wildman–Crippen LogP) is 2.25. The van der Waals surface area contributed by atoms with Gasteiger partial charge < -0.3 is 9.47 Å². The number of rotatable bonds is 2. The van der Waals surface area contributed by atoms with Crippen molar-refractivity contribution in [1.29, 1.82) is 0 Å². The molecule has 0 fully saturated rings. The molecule has 18 heavy (non-hydrogen) atoms. The number of benzene rings is 1. The largest absolute Gasteiger partial charge is 0.468 e. The van der Waals surface area contributed by atoms with E-state index in [4.69, 9.17) is 9.47 Å². The van der Waals surface area contributed by atoms with Gasteiger partial charge in [-0.15, -0.1) is 0 Å². The smallest absolute Gasteiger partial charge is 0.320 e. The second-order valence-electron chi connectivity index (χ2n) is 4.13. The van der Waals surface area contributed by atoms with Crippen LogP contribution in [-0.2, 0) is 19.1 Å². The zero-order chi connectivity index (χ0) is 13.3. The van der Waals surface area contributed by atoms with Crippen LogP contribution < -0.4 is 0 Å². The molecule has 0 aliphatic heterocycles. The van der Waals surface area contributed by atoms with Crippen molar-refractivity contribution in [1.82, 2.24) is 0 Å². The molecule has 0 aromatic heterocycles. The highest BCUT2D eigenvalue weighted by Crippen LogP contribution is 2.42. The van der Waals surface area contributed by atoms with E-state index in [2.05, 4.69) is 0 Å².